The smallest absolute Gasteiger partial charge is 0.222 e. The zero-order chi connectivity index (χ0) is 11.8. The second-order valence-corrected chi connectivity index (χ2v) is 4.47. The maximum Gasteiger partial charge on any atom is 0.222 e. The Kier molecular flexibility index (Phi) is 6.42. The van der Waals surface area contributed by atoms with Crippen molar-refractivity contribution in [2.75, 3.05) is 26.8 Å². The molecule has 0 bridgehead atoms. The molecule has 1 aliphatic heterocycles. The van der Waals surface area contributed by atoms with Gasteiger partial charge in [0.25, 0.3) is 0 Å². The summed E-state index contributed by atoms with van der Waals surface area (Å²) in [5, 5.41) is 0. The monoisotopic (exact) mass is 228 g/mol. The van der Waals surface area contributed by atoms with Crippen molar-refractivity contribution >= 4 is 5.91 Å². The van der Waals surface area contributed by atoms with Crippen LogP contribution in [0.4, 0.5) is 0 Å². The van der Waals surface area contributed by atoms with Crippen molar-refractivity contribution in [3.63, 3.8) is 0 Å². The number of rotatable bonds is 7. The number of unbranched alkanes of at least 4 members (excludes halogenated alkanes) is 3. The Labute approximate surface area is 98.1 Å². The topological polar surface area (TPSA) is 55.6 Å². The van der Waals surface area contributed by atoms with Crippen LogP contribution in [0.1, 0.15) is 38.5 Å². The van der Waals surface area contributed by atoms with Gasteiger partial charge >= 0.3 is 0 Å². The highest BCUT2D eigenvalue weighted by atomic mass is 16.5. The fraction of sp³-hybridized carbons (Fsp3) is 0.917. The number of ether oxygens (including phenoxy) is 1. The van der Waals surface area contributed by atoms with Gasteiger partial charge in [-0.25, -0.2) is 0 Å². The summed E-state index contributed by atoms with van der Waals surface area (Å²) in [6.45, 7) is 2.25. The van der Waals surface area contributed by atoms with E-state index in [4.69, 9.17) is 10.5 Å². The van der Waals surface area contributed by atoms with Gasteiger partial charge in [-0.15, -0.1) is 0 Å². The third-order valence-electron chi connectivity index (χ3n) is 3.19. The van der Waals surface area contributed by atoms with Gasteiger partial charge in [0.15, 0.2) is 0 Å². The molecule has 0 radical (unpaired) electrons. The van der Waals surface area contributed by atoms with E-state index in [0.29, 0.717) is 19.1 Å². The van der Waals surface area contributed by atoms with Crippen LogP contribution in [0, 0.1) is 0 Å². The Morgan fingerprint density at radius 3 is 2.75 bits per heavy atom. The van der Waals surface area contributed by atoms with Crippen molar-refractivity contribution < 1.29 is 9.53 Å². The van der Waals surface area contributed by atoms with Crippen LogP contribution in [0.5, 0.6) is 0 Å². The van der Waals surface area contributed by atoms with Crippen molar-refractivity contribution in [2.45, 2.75) is 44.6 Å². The first-order chi connectivity index (χ1) is 7.75. The van der Waals surface area contributed by atoms with E-state index in [2.05, 4.69) is 0 Å². The number of nitrogens with two attached hydrogens (primary N) is 1. The molecular weight excluding hydrogens is 204 g/mol. The molecule has 1 atom stereocenters. The van der Waals surface area contributed by atoms with Gasteiger partial charge in [0.05, 0.1) is 12.6 Å². The van der Waals surface area contributed by atoms with Crippen molar-refractivity contribution in [1.82, 2.24) is 4.90 Å². The molecule has 4 nitrogen and oxygen atoms in total. The van der Waals surface area contributed by atoms with Gasteiger partial charge in [0.1, 0.15) is 0 Å². The molecule has 1 heterocycles. The average molecular weight is 228 g/mol. The van der Waals surface area contributed by atoms with Gasteiger partial charge in [-0.05, 0) is 25.8 Å². The van der Waals surface area contributed by atoms with E-state index in [1.807, 2.05) is 11.9 Å². The standard InChI is InChI=1S/C12H24N2O2/c1-14(11-7-9-16-10-11)12(15)6-4-2-3-5-8-13/h11H,2-10,13H2,1H3. The lowest BCUT2D eigenvalue weighted by molar-refractivity contribution is -0.132. The molecule has 94 valence electrons. The number of nitrogens with zero attached hydrogens (tertiary/aromatic N) is 1. The molecule has 0 aliphatic carbocycles. The summed E-state index contributed by atoms with van der Waals surface area (Å²) < 4.78 is 5.28. The number of carbonyl (C=O) groups excluding carboxylic acids is 1. The maximum absolute atomic E-state index is 11.8. The maximum atomic E-state index is 11.8. The van der Waals surface area contributed by atoms with Gasteiger partial charge < -0.3 is 15.4 Å². The average Bonchev–Trinajstić information content (AvgIpc) is 2.81. The molecule has 1 unspecified atom stereocenters. The minimum Gasteiger partial charge on any atom is -0.379 e. The Bertz CT molecular complexity index is 203. The fourth-order valence-corrected chi connectivity index (χ4v) is 1.98. The predicted octanol–water partition coefficient (Wildman–Crippen LogP) is 1.14. The van der Waals surface area contributed by atoms with E-state index in [9.17, 15) is 4.79 Å². The lowest BCUT2D eigenvalue weighted by Gasteiger charge is -2.23. The molecule has 1 amide bonds. The van der Waals surface area contributed by atoms with E-state index >= 15 is 0 Å². The molecule has 0 aromatic rings. The van der Waals surface area contributed by atoms with Crippen LogP contribution in [0.2, 0.25) is 0 Å². The summed E-state index contributed by atoms with van der Waals surface area (Å²) in [5.74, 6) is 0.253. The van der Waals surface area contributed by atoms with E-state index < -0.39 is 0 Å². The highest BCUT2D eigenvalue weighted by Crippen LogP contribution is 2.13. The quantitative estimate of drug-likeness (QED) is 0.665. The molecule has 0 saturated carbocycles. The van der Waals surface area contributed by atoms with Crippen molar-refractivity contribution in [3.05, 3.63) is 0 Å². The summed E-state index contributed by atoms with van der Waals surface area (Å²) in [7, 11) is 1.89. The molecule has 1 aliphatic rings. The Morgan fingerprint density at radius 2 is 2.12 bits per heavy atom. The van der Waals surface area contributed by atoms with Gasteiger partial charge in [-0.1, -0.05) is 12.8 Å². The third kappa shape index (κ3) is 4.49. The molecule has 1 saturated heterocycles. The van der Waals surface area contributed by atoms with Crippen LogP contribution < -0.4 is 5.73 Å². The molecule has 16 heavy (non-hydrogen) atoms. The summed E-state index contributed by atoms with van der Waals surface area (Å²) in [4.78, 5) is 13.7. The predicted molar refractivity (Wildman–Crippen MR) is 64.1 cm³/mol. The first kappa shape index (κ1) is 13.5. The molecule has 2 N–H and O–H groups in total. The summed E-state index contributed by atoms with van der Waals surface area (Å²) in [5.41, 5.74) is 5.41. The van der Waals surface area contributed by atoms with E-state index in [0.717, 1.165) is 45.3 Å². The Balaban J connectivity index is 2.09. The molecule has 0 aromatic heterocycles. The van der Waals surface area contributed by atoms with Crippen LogP contribution in [-0.2, 0) is 9.53 Å². The molecule has 1 rings (SSSR count). The van der Waals surface area contributed by atoms with Crippen LogP contribution in [0.25, 0.3) is 0 Å². The number of hydrogen-bond donors (Lipinski definition) is 1. The van der Waals surface area contributed by atoms with Crippen molar-refractivity contribution in [1.29, 1.82) is 0 Å². The SMILES string of the molecule is CN(C(=O)CCCCCCN)C1CCOC1. The normalized spacial score (nSPS) is 20.0. The van der Waals surface area contributed by atoms with Crippen LogP contribution in [-0.4, -0.2) is 43.7 Å². The Hall–Kier alpha value is -0.610. The zero-order valence-corrected chi connectivity index (χ0v) is 10.3. The molecular formula is C12H24N2O2. The number of hydrogen-bond acceptors (Lipinski definition) is 3. The number of amides is 1. The largest absolute Gasteiger partial charge is 0.379 e. The second kappa shape index (κ2) is 7.63. The van der Waals surface area contributed by atoms with Crippen LogP contribution >= 0.6 is 0 Å². The minimum absolute atomic E-state index is 0.253. The van der Waals surface area contributed by atoms with Crippen LogP contribution in [0.3, 0.4) is 0 Å². The highest BCUT2D eigenvalue weighted by molar-refractivity contribution is 5.76. The van der Waals surface area contributed by atoms with Crippen LogP contribution in [0.15, 0.2) is 0 Å². The first-order valence-corrected chi connectivity index (χ1v) is 6.29. The lowest BCUT2D eigenvalue weighted by atomic mass is 10.1. The number of likely N-dealkylation sites (N-methyl/N-ethyl adjacent to an activating group) is 1. The minimum atomic E-state index is 0.253. The lowest BCUT2D eigenvalue weighted by Crippen LogP contribution is -2.37. The molecule has 4 heteroatoms. The highest BCUT2D eigenvalue weighted by Gasteiger charge is 2.23. The molecule has 1 fully saturated rings. The van der Waals surface area contributed by atoms with Gasteiger partial charge in [-0.3, -0.25) is 4.79 Å². The van der Waals surface area contributed by atoms with E-state index in [1.54, 1.807) is 0 Å². The second-order valence-electron chi connectivity index (χ2n) is 4.47. The van der Waals surface area contributed by atoms with Crippen molar-refractivity contribution in [2.24, 2.45) is 5.73 Å². The first-order valence-electron chi connectivity index (χ1n) is 6.29. The van der Waals surface area contributed by atoms with Gasteiger partial charge in [-0.2, -0.15) is 0 Å². The fourth-order valence-electron chi connectivity index (χ4n) is 1.98. The van der Waals surface area contributed by atoms with Gasteiger partial charge in [0.2, 0.25) is 5.91 Å². The molecule has 0 aromatic carbocycles. The summed E-state index contributed by atoms with van der Waals surface area (Å²) >= 11 is 0. The van der Waals surface area contributed by atoms with Gasteiger partial charge in [0, 0.05) is 20.1 Å². The van der Waals surface area contributed by atoms with Crippen molar-refractivity contribution in [3.8, 4) is 0 Å². The summed E-state index contributed by atoms with van der Waals surface area (Å²) in [6, 6.07) is 0.302. The summed E-state index contributed by atoms with van der Waals surface area (Å²) in [6.07, 6.45) is 5.95. The van der Waals surface area contributed by atoms with E-state index in [-0.39, 0.29) is 5.91 Å². The molecule has 0 spiro atoms. The number of carbonyl (C=O) groups is 1. The zero-order valence-electron chi connectivity index (χ0n) is 10.3. The van der Waals surface area contributed by atoms with E-state index in [1.165, 1.54) is 0 Å². The Morgan fingerprint density at radius 1 is 1.38 bits per heavy atom. The third-order valence-corrected chi connectivity index (χ3v) is 3.19.